The van der Waals surface area contributed by atoms with E-state index in [4.69, 9.17) is 16.3 Å². The summed E-state index contributed by atoms with van der Waals surface area (Å²) >= 11 is 6.07. The van der Waals surface area contributed by atoms with Gasteiger partial charge in [-0.2, -0.15) is 5.10 Å². The van der Waals surface area contributed by atoms with E-state index in [0.717, 1.165) is 16.9 Å². The van der Waals surface area contributed by atoms with Crippen molar-refractivity contribution in [1.82, 2.24) is 9.78 Å². The quantitative estimate of drug-likeness (QED) is 0.640. The molecule has 4 rings (SSSR count). The van der Waals surface area contributed by atoms with Gasteiger partial charge in [-0.15, -0.1) is 0 Å². The molecule has 0 radical (unpaired) electrons. The fourth-order valence-electron chi connectivity index (χ4n) is 3.27. The largest absolute Gasteiger partial charge is 0.494 e. The van der Waals surface area contributed by atoms with Crippen LogP contribution in [0.25, 0.3) is 11.1 Å². The summed E-state index contributed by atoms with van der Waals surface area (Å²) < 4.78 is 6.94. The summed E-state index contributed by atoms with van der Waals surface area (Å²) in [7, 11) is 0. The van der Waals surface area contributed by atoms with Crippen molar-refractivity contribution in [1.29, 1.82) is 0 Å². The van der Waals surface area contributed by atoms with Crippen molar-refractivity contribution in [2.75, 3.05) is 17.2 Å². The predicted molar refractivity (Wildman–Crippen MR) is 111 cm³/mol. The van der Waals surface area contributed by atoms with E-state index in [1.807, 2.05) is 19.1 Å². The van der Waals surface area contributed by atoms with E-state index in [1.165, 1.54) is 0 Å². The summed E-state index contributed by atoms with van der Waals surface area (Å²) in [5.41, 5.74) is 2.24. The molecule has 0 bridgehead atoms. The lowest BCUT2D eigenvalue weighted by atomic mass is 10.1. The molecular weight excluding hydrogens is 392 g/mol. The Balaban J connectivity index is 1.48. The zero-order chi connectivity index (χ0) is 20.4. The number of nitrogens with one attached hydrogen (secondary N) is 2. The molecule has 7 nitrogen and oxygen atoms in total. The lowest BCUT2D eigenvalue weighted by Gasteiger charge is -2.10. The van der Waals surface area contributed by atoms with Gasteiger partial charge in [-0.1, -0.05) is 23.7 Å². The van der Waals surface area contributed by atoms with Crippen LogP contribution in [0.5, 0.6) is 5.75 Å². The topological polar surface area (TPSA) is 85.2 Å². The van der Waals surface area contributed by atoms with E-state index in [0.29, 0.717) is 23.1 Å². The fraction of sp³-hybridized carbons (Fsp3) is 0.190. The van der Waals surface area contributed by atoms with Crippen LogP contribution in [0.1, 0.15) is 19.4 Å². The molecule has 0 spiro atoms. The first kappa shape index (κ1) is 19.0. The molecule has 0 fully saturated rings. The Morgan fingerprint density at radius 1 is 1.28 bits per heavy atom. The van der Waals surface area contributed by atoms with E-state index in [2.05, 4.69) is 15.7 Å². The molecular formula is C21H19ClN4O3. The third-order valence-electron chi connectivity index (χ3n) is 4.60. The summed E-state index contributed by atoms with van der Waals surface area (Å²) in [6.07, 6.45) is 1.64. The van der Waals surface area contributed by atoms with Gasteiger partial charge in [0.05, 0.1) is 19.2 Å². The zero-order valence-electron chi connectivity index (χ0n) is 15.7. The number of benzene rings is 2. The van der Waals surface area contributed by atoms with Crippen molar-refractivity contribution in [3.8, 4) is 16.9 Å². The Bertz CT molecular complexity index is 1060. The minimum atomic E-state index is -0.708. The van der Waals surface area contributed by atoms with Crippen molar-refractivity contribution in [2.24, 2.45) is 0 Å². The Kier molecular flexibility index (Phi) is 5.22. The summed E-state index contributed by atoms with van der Waals surface area (Å²) in [5.74, 6) is 0.756. The molecule has 29 heavy (non-hydrogen) atoms. The second-order valence-corrected chi connectivity index (χ2v) is 7.01. The molecule has 1 atom stereocenters. The predicted octanol–water partition coefficient (Wildman–Crippen LogP) is 4.12. The van der Waals surface area contributed by atoms with Crippen molar-refractivity contribution >= 4 is 34.9 Å². The van der Waals surface area contributed by atoms with E-state index >= 15 is 0 Å². The first-order chi connectivity index (χ1) is 14.0. The van der Waals surface area contributed by atoms with E-state index < -0.39 is 6.04 Å². The second kappa shape index (κ2) is 7.97. The minimum absolute atomic E-state index is 0.0251. The highest BCUT2D eigenvalue weighted by Gasteiger charge is 2.35. The SMILES string of the molecule is CCOc1ccc(NC(=O)CC2C(=O)Nc3c(-c4cccc(Cl)c4)cnn32)cc1. The second-order valence-electron chi connectivity index (χ2n) is 6.58. The minimum Gasteiger partial charge on any atom is -0.494 e. The summed E-state index contributed by atoms with van der Waals surface area (Å²) in [6, 6.07) is 13.7. The summed E-state index contributed by atoms with van der Waals surface area (Å²) in [5, 5.41) is 10.5. The van der Waals surface area contributed by atoms with Crippen molar-refractivity contribution in [2.45, 2.75) is 19.4 Å². The number of hydrogen-bond donors (Lipinski definition) is 2. The Morgan fingerprint density at radius 2 is 2.07 bits per heavy atom. The van der Waals surface area contributed by atoms with Crippen LogP contribution < -0.4 is 15.4 Å². The van der Waals surface area contributed by atoms with E-state index in [9.17, 15) is 9.59 Å². The highest BCUT2D eigenvalue weighted by atomic mass is 35.5. The molecule has 1 unspecified atom stereocenters. The number of aromatic nitrogens is 2. The first-order valence-corrected chi connectivity index (χ1v) is 9.60. The van der Waals surface area contributed by atoms with Crippen LogP contribution >= 0.6 is 11.6 Å². The van der Waals surface area contributed by atoms with Gasteiger partial charge in [0.25, 0.3) is 5.91 Å². The number of amides is 2. The molecule has 8 heteroatoms. The van der Waals surface area contributed by atoms with Crippen LogP contribution in [0.2, 0.25) is 5.02 Å². The molecule has 0 aliphatic carbocycles. The van der Waals surface area contributed by atoms with Gasteiger partial charge in [0, 0.05) is 16.3 Å². The van der Waals surface area contributed by atoms with Crippen molar-refractivity contribution in [3.63, 3.8) is 0 Å². The smallest absolute Gasteiger partial charge is 0.251 e. The van der Waals surface area contributed by atoms with Gasteiger partial charge in [-0.3, -0.25) is 9.59 Å². The monoisotopic (exact) mass is 410 g/mol. The lowest BCUT2D eigenvalue weighted by molar-refractivity contribution is -0.123. The van der Waals surface area contributed by atoms with Gasteiger partial charge in [0.1, 0.15) is 17.6 Å². The van der Waals surface area contributed by atoms with Crippen LogP contribution in [0.3, 0.4) is 0 Å². The molecule has 2 N–H and O–H groups in total. The number of anilines is 2. The molecule has 0 saturated carbocycles. The normalized spacial score (nSPS) is 15.0. The molecule has 2 heterocycles. The Labute approximate surface area is 172 Å². The first-order valence-electron chi connectivity index (χ1n) is 9.22. The average Bonchev–Trinajstić information content (AvgIpc) is 3.23. The van der Waals surface area contributed by atoms with Crippen LogP contribution in [0, 0.1) is 0 Å². The average molecular weight is 411 g/mol. The highest BCUT2D eigenvalue weighted by Crippen LogP contribution is 2.36. The van der Waals surface area contributed by atoms with Gasteiger partial charge < -0.3 is 15.4 Å². The number of hydrogen-bond acceptors (Lipinski definition) is 4. The Morgan fingerprint density at radius 3 is 2.79 bits per heavy atom. The van der Waals surface area contributed by atoms with Gasteiger partial charge in [-0.05, 0) is 48.9 Å². The number of rotatable bonds is 6. The number of halogens is 1. The molecule has 1 aliphatic heterocycles. The van der Waals surface area contributed by atoms with Gasteiger partial charge in [-0.25, -0.2) is 4.68 Å². The maximum atomic E-state index is 12.5. The fourth-order valence-corrected chi connectivity index (χ4v) is 3.46. The molecule has 0 saturated heterocycles. The number of nitrogens with zero attached hydrogens (tertiary/aromatic N) is 2. The van der Waals surface area contributed by atoms with Crippen LogP contribution in [-0.4, -0.2) is 28.2 Å². The van der Waals surface area contributed by atoms with Crippen LogP contribution in [0.15, 0.2) is 54.7 Å². The van der Waals surface area contributed by atoms with Crippen LogP contribution in [0.4, 0.5) is 11.5 Å². The van der Waals surface area contributed by atoms with Crippen LogP contribution in [-0.2, 0) is 9.59 Å². The highest BCUT2D eigenvalue weighted by molar-refractivity contribution is 6.30. The van der Waals surface area contributed by atoms with Gasteiger partial charge in [0.15, 0.2) is 0 Å². The van der Waals surface area contributed by atoms with Gasteiger partial charge >= 0.3 is 0 Å². The maximum absolute atomic E-state index is 12.5. The summed E-state index contributed by atoms with van der Waals surface area (Å²) in [4.78, 5) is 24.9. The molecule has 2 amide bonds. The molecule has 1 aliphatic rings. The molecule has 2 aromatic carbocycles. The molecule has 1 aromatic heterocycles. The number of fused-ring (bicyclic) bond motifs is 1. The van der Waals surface area contributed by atoms with E-state index in [-0.39, 0.29) is 18.2 Å². The third kappa shape index (κ3) is 3.95. The summed E-state index contributed by atoms with van der Waals surface area (Å²) in [6.45, 7) is 2.48. The lowest BCUT2D eigenvalue weighted by Crippen LogP contribution is -2.23. The number of carbonyl (C=O) groups excluding carboxylic acids is 2. The zero-order valence-corrected chi connectivity index (χ0v) is 16.4. The van der Waals surface area contributed by atoms with Crippen molar-refractivity contribution in [3.05, 3.63) is 59.8 Å². The van der Waals surface area contributed by atoms with Gasteiger partial charge in [0.2, 0.25) is 5.91 Å². The molecule has 3 aromatic rings. The third-order valence-corrected chi connectivity index (χ3v) is 4.83. The van der Waals surface area contributed by atoms with Crippen molar-refractivity contribution < 1.29 is 14.3 Å². The Hall–Kier alpha value is -3.32. The number of carbonyl (C=O) groups is 2. The molecule has 148 valence electrons. The maximum Gasteiger partial charge on any atom is 0.251 e. The number of ether oxygens (including phenoxy) is 1. The standard InChI is InChI=1S/C21H19ClN4O3/c1-2-29-16-8-6-15(7-9-16)24-19(27)11-18-21(28)25-20-17(12-23-26(18)20)13-4-3-5-14(22)10-13/h3-10,12,18H,2,11H2,1H3,(H,24,27)(H,25,28). The van der Waals surface area contributed by atoms with E-state index in [1.54, 1.807) is 47.3 Å².